The quantitative estimate of drug-likeness (QED) is 0.469. The molecule has 0 amide bonds. The van der Waals surface area contributed by atoms with E-state index in [4.69, 9.17) is 20.9 Å². The summed E-state index contributed by atoms with van der Waals surface area (Å²) in [7, 11) is 1.67. The molecule has 1 saturated heterocycles. The molecule has 6 nitrogen and oxygen atoms in total. The van der Waals surface area contributed by atoms with E-state index >= 15 is 0 Å². The molecule has 2 aromatic carbocycles. The first-order valence-electron chi connectivity index (χ1n) is 11.2. The summed E-state index contributed by atoms with van der Waals surface area (Å²) in [5.74, 6) is 1.68. The second-order valence-electron chi connectivity index (χ2n) is 8.06. The zero-order chi connectivity index (χ0) is 22.3. The highest BCUT2D eigenvalue weighted by Gasteiger charge is 2.19. The summed E-state index contributed by atoms with van der Waals surface area (Å²) in [6.45, 7) is 10.1. The Morgan fingerprint density at radius 1 is 1.06 bits per heavy atom. The van der Waals surface area contributed by atoms with Crippen LogP contribution in [0.15, 0.2) is 59.1 Å². The summed E-state index contributed by atoms with van der Waals surface area (Å²) in [6.07, 6.45) is 0. The molecular formula is C25H31ClN4O2. The molecule has 170 valence electrons. The fourth-order valence-electron chi connectivity index (χ4n) is 4.13. The van der Waals surface area contributed by atoms with E-state index in [0.717, 1.165) is 80.1 Å². The number of anilines is 1. The number of likely N-dealkylation sites (N-methyl/N-ethyl adjacent to an activating group) is 1. The zero-order valence-corrected chi connectivity index (χ0v) is 19.6. The van der Waals surface area contributed by atoms with Gasteiger partial charge in [-0.15, -0.1) is 0 Å². The van der Waals surface area contributed by atoms with Gasteiger partial charge in [0, 0.05) is 61.6 Å². The molecule has 0 radical (unpaired) electrons. The molecule has 7 heteroatoms. The van der Waals surface area contributed by atoms with Crippen LogP contribution in [-0.4, -0.2) is 67.9 Å². The minimum atomic E-state index is 0.751. The fraction of sp³-hybridized carbons (Fsp3) is 0.400. The van der Waals surface area contributed by atoms with Crippen LogP contribution in [0.25, 0.3) is 11.3 Å². The van der Waals surface area contributed by atoms with Crippen LogP contribution in [0.1, 0.15) is 12.7 Å². The molecule has 0 aliphatic carbocycles. The molecule has 0 spiro atoms. The molecule has 3 aromatic rings. The normalized spacial score (nSPS) is 14.8. The maximum Gasteiger partial charge on any atom is 0.151 e. The summed E-state index contributed by atoms with van der Waals surface area (Å²) in [6, 6.07) is 18.0. The van der Waals surface area contributed by atoms with Crippen molar-refractivity contribution < 1.29 is 9.26 Å². The Morgan fingerprint density at radius 2 is 1.88 bits per heavy atom. The summed E-state index contributed by atoms with van der Waals surface area (Å²) in [5, 5.41) is 5.06. The third kappa shape index (κ3) is 5.63. The lowest BCUT2D eigenvalue weighted by Crippen LogP contribution is -2.48. The highest BCUT2D eigenvalue weighted by molar-refractivity contribution is 6.30. The largest absolute Gasteiger partial charge is 0.496 e. The molecule has 1 aromatic heterocycles. The van der Waals surface area contributed by atoms with Crippen molar-refractivity contribution in [1.29, 1.82) is 0 Å². The highest BCUT2D eigenvalue weighted by atomic mass is 35.5. The van der Waals surface area contributed by atoms with Gasteiger partial charge in [-0.2, -0.15) is 0 Å². The number of hydrogen-bond acceptors (Lipinski definition) is 6. The highest BCUT2D eigenvalue weighted by Crippen LogP contribution is 2.29. The van der Waals surface area contributed by atoms with E-state index in [9.17, 15) is 0 Å². The van der Waals surface area contributed by atoms with Crippen LogP contribution in [0.5, 0.6) is 5.75 Å². The molecule has 1 aliphatic heterocycles. The molecule has 2 heterocycles. The van der Waals surface area contributed by atoms with Crippen LogP contribution in [0.3, 0.4) is 0 Å². The number of ether oxygens (including phenoxy) is 1. The van der Waals surface area contributed by atoms with E-state index < -0.39 is 0 Å². The first-order chi connectivity index (χ1) is 15.7. The van der Waals surface area contributed by atoms with Crippen LogP contribution in [0, 0.1) is 0 Å². The number of nitrogens with zero attached hydrogens (tertiary/aromatic N) is 4. The minimum Gasteiger partial charge on any atom is -0.496 e. The van der Waals surface area contributed by atoms with E-state index in [-0.39, 0.29) is 0 Å². The number of halogens is 1. The Morgan fingerprint density at radius 3 is 2.62 bits per heavy atom. The zero-order valence-electron chi connectivity index (χ0n) is 18.8. The van der Waals surface area contributed by atoms with Gasteiger partial charge in [-0.25, -0.2) is 0 Å². The lowest BCUT2D eigenvalue weighted by atomic mass is 10.1. The van der Waals surface area contributed by atoms with Crippen molar-refractivity contribution >= 4 is 17.3 Å². The Hall–Kier alpha value is -2.54. The van der Waals surface area contributed by atoms with Gasteiger partial charge in [0.25, 0.3) is 0 Å². The number of aromatic nitrogens is 1. The monoisotopic (exact) mass is 454 g/mol. The van der Waals surface area contributed by atoms with Crippen LogP contribution < -0.4 is 9.64 Å². The van der Waals surface area contributed by atoms with Gasteiger partial charge >= 0.3 is 0 Å². The maximum absolute atomic E-state index is 6.15. The van der Waals surface area contributed by atoms with Gasteiger partial charge in [0.05, 0.1) is 13.7 Å². The predicted octanol–water partition coefficient (Wildman–Crippen LogP) is 4.65. The Bertz CT molecular complexity index is 1000. The van der Waals surface area contributed by atoms with E-state index in [1.54, 1.807) is 7.11 Å². The molecule has 4 rings (SSSR count). The van der Waals surface area contributed by atoms with Gasteiger partial charge in [0.1, 0.15) is 11.4 Å². The Balaban J connectivity index is 1.27. The van der Waals surface area contributed by atoms with Gasteiger partial charge in [0.2, 0.25) is 0 Å². The number of methoxy groups -OCH3 is 1. The van der Waals surface area contributed by atoms with Crippen molar-refractivity contribution in [3.05, 3.63) is 65.4 Å². The van der Waals surface area contributed by atoms with Crippen LogP contribution in [-0.2, 0) is 6.54 Å². The third-order valence-electron chi connectivity index (χ3n) is 6.05. The second kappa shape index (κ2) is 10.9. The average molecular weight is 455 g/mol. The third-order valence-corrected chi connectivity index (χ3v) is 6.28. The molecule has 1 aliphatic rings. The SMILES string of the molecule is CCN(CCN1CCN(c2cccc(Cl)c2)CC1)Cc1cc(-c2ccccc2OC)no1. The number of rotatable bonds is 9. The van der Waals surface area contributed by atoms with E-state index in [1.165, 1.54) is 5.69 Å². The predicted molar refractivity (Wildman–Crippen MR) is 130 cm³/mol. The van der Waals surface area contributed by atoms with E-state index in [2.05, 4.69) is 32.8 Å². The minimum absolute atomic E-state index is 0.751. The molecular weight excluding hydrogens is 424 g/mol. The topological polar surface area (TPSA) is 45.0 Å². The molecule has 0 saturated carbocycles. The number of piperazine rings is 1. The van der Waals surface area contributed by atoms with Gasteiger partial charge in [-0.05, 0) is 36.9 Å². The smallest absolute Gasteiger partial charge is 0.151 e. The first-order valence-corrected chi connectivity index (χ1v) is 11.6. The van der Waals surface area contributed by atoms with E-state index in [0.29, 0.717) is 0 Å². The van der Waals surface area contributed by atoms with Crippen molar-refractivity contribution in [1.82, 2.24) is 15.0 Å². The van der Waals surface area contributed by atoms with Gasteiger partial charge in [0.15, 0.2) is 5.76 Å². The van der Waals surface area contributed by atoms with Gasteiger partial charge < -0.3 is 14.2 Å². The van der Waals surface area contributed by atoms with Crippen molar-refractivity contribution in [2.24, 2.45) is 0 Å². The number of para-hydroxylation sites is 1. The Kier molecular flexibility index (Phi) is 7.68. The molecule has 1 fully saturated rings. The molecule has 32 heavy (non-hydrogen) atoms. The summed E-state index contributed by atoms with van der Waals surface area (Å²) in [5.41, 5.74) is 2.97. The van der Waals surface area contributed by atoms with Crippen LogP contribution in [0.4, 0.5) is 5.69 Å². The van der Waals surface area contributed by atoms with Crippen molar-refractivity contribution in [3.63, 3.8) is 0 Å². The first kappa shape index (κ1) is 22.6. The summed E-state index contributed by atoms with van der Waals surface area (Å²) in [4.78, 5) is 7.34. The molecule has 0 unspecified atom stereocenters. The van der Waals surface area contributed by atoms with Crippen LogP contribution >= 0.6 is 11.6 Å². The van der Waals surface area contributed by atoms with Crippen molar-refractivity contribution in [3.8, 4) is 17.0 Å². The standard InChI is InChI=1S/C25H31ClN4O2/c1-3-28(19-22-18-24(27-32-22)23-9-4-5-10-25(23)31-2)11-12-29-13-15-30(16-14-29)21-8-6-7-20(26)17-21/h4-10,17-18H,3,11-16,19H2,1-2H3. The molecule has 0 atom stereocenters. The van der Waals surface area contributed by atoms with Gasteiger partial charge in [-0.1, -0.05) is 41.9 Å². The van der Waals surface area contributed by atoms with Crippen LogP contribution in [0.2, 0.25) is 5.02 Å². The van der Waals surface area contributed by atoms with E-state index in [1.807, 2.05) is 48.5 Å². The summed E-state index contributed by atoms with van der Waals surface area (Å²) < 4.78 is 11.1. The number of hydrogen-bond donors (Lipinski definition) is 0. The van der Waals surface area contributed by atoms with Crippen molar-refractivity contribution in [2.45, 2.75) is 13.5 Å². The fourth-order valence-corrected chi connectivity index (χ4v) is 4.31. The van der Waals surface area contributed by atoms with Crippen molar-refractivity contribution in [2.75, 3.05) is 57.8 Å². The molecule has 0 bridgehead atoms. The maximum atomic E-state index is 6.15. The lowest BCUT2D eigenvalue weighted by molar-refractivity contribution is 0.185. The number of benzene rings is 2. The Labute approximate surface area is 195 Å². The molecule has 0 N–H and O–H groups in total. The second-order valence-corrected chi connectivity index (χ2v) is 8.49. The summed E-state index contributed by atoms with van der Waals surface area (Å²) >= 11 is 6.15. The lowest BCUT2D eigenvalue weighted by Gasteiger charge is -2.37. The van der Waals surface area contributed by atoms with Gasteiger partial charge in [-0.3, -0.25) is 9.80 Å². The average Bonchev–Trinajstić information content (AvgIpc) is 3.30.